The number of aliphatic carboxylic acids is 1. The van der Waals surface area contributed by atoms with Crippen molar-refractivity contribution in [2.75, 3.05) is 11.9 Å². The normalized spacial score (nSPS) is 12.8. The molecule has 7 heteroatoms. The zero-order valence-electron chi connectivity index (χ0n) is 12.9. The van der Waals surface area contributed by atoms with Gasteiger partial charge in [-0.1, -0.05) is 34.1 Å². The lowest BCUT2D eigenvalue weighted by molar-refractivity contribution is -0.141. The Balaban J connectivity index is 2.50. The molecule has 0 radical (unpaired) electrons. The van der Waals surface area contributed by atoms with Crippen molar-refractivity contribution in [3.8, 4) is 0 Å². The lowest BCUT2D eigenvalue weighted by Gasteiger charge is -2.14. The van der Waals surface area contributed by atoms with Crippen molar-refractivity contribution < 1.29 is 14.7 Å². The molecule has 0 fully saturated rings. The first-order chi connectivity index (χ1) is 9.74. The van der Waals surface area contributed by atoms with Gasteiger partial charge in [-0.25, -0.2) is 9.78 Å². The molecule has 2 amide bonds. The molecule has 1 aromatic rings. The third-order valence-electron chi connectivity index (χ3n) is 2.99. The van der Waals surface area contributed by atoms with Crippen LogP contribution < -0.4 is 10.6 Å². The molecule has 0 aromatic carbocycles. The Hall–Kier alpha value is -1.63. The van der Waals surface area contributed by atoms with Crippen LogP contribution in [0.3, 0.4) is 0 Å². The predicted octanol–water partition coefficient (Wildman–Crippen LogP) is 3.06. The average Bonchev–Trinajstić information content (AvgIpc) is 2.82. The summed E-state index contributed by atoms with van der Waals surface area (Å²) in [6.45, 7) is 8.18. The highest BCUT2D eigenvalue weighted by Crippen LogP contribution is 2.26. The molecule has 1 aromatic heterocycles. The molecule has 6 nitrogen and oxygen atoms in total. The van der Waals surface area contributed by atoms with E-state index >= 15 is 0 Å². The molecule has 3 N–H and O–H groups in total. The van der Waals surface area contributed by atoms with E-state index < -0.39 is 17.9 Å². The van der Waals surface area contributed by atoms with Crippen LogP contribution in [-0.4, -0.2) is 28.6 Å². The first-order valence-corrected chi connectivity index (χ1v) is 7.85. The number of urea groups is 1. The highest BCUT2D eigenvalue weighted by Gasteiger charge is 2.19. The molecule has 0 spiro atoms. The van der Waals surface area contributed by atoms with Gasteiger partial charge in [0.1, 0.15) is 0 Å². The van der Waals surface area contributed by atoms with Gasteiger partial charge in [-0.05, 0) is 6.42 Å². The zero-order chi connectivity index (χ0) is 16.0. The number of carbonyl (C=O) groups is 2. The minimum absolute atomic E-state index is 0.0670. The molecular formula is C14H23N3O3S. The Kier molecular flexibility index (Phi) is 6.14. The minimum atomic E-state index is -0.888. The number of aromatic nitrogens is 1. The molecule has 0 aliphatic rings. The molecule has 1 rings (SSSR count). The quantitative estimate of drug-likeness (QED) is 0.752. The van der Waals surface area contributed by atoms with Gasteiger partial charge in [-0.15, -0.1) is 11.3 Å². The summed E-state index contributed by atoms with van der Waals surface area (Å²) in [4.78, 5) is 27.1. The number of nitrogens with zero attached hydrogens (tertiary/aromatic N) is 1. The van der Waals surface area contributed by atoms with Crippen LogP contribution in [0.5, 0.6) is 0 Å². The fourth-order valence-corrected chi connectivity index (χ4v) is 2.63. The number of carbonyl (C=O) groups excluding carboxylic acids is 1. The maximum absolute atomic E-state index is 11.8. The second kappa shape index (κ2) is 7.40. The van der Waals surface area contributed by atoms with Gasteiger partial charge in [0, 0.05) is 17.3 Å². The Bertz CT molecular complexity index is 494. The average molecular weight is 313 g/mol. The summed E-state index contributed by atoms with van der Waals surface area (Å²) < 4.78 is 0. The van der Waals surface area contributed by atoms with Crippen molar-refractivity contribution in [1.29, 1.82) is 0 Å². The summed E-state index contributed by atoms with van der Waals surface area (Å²) in [7, 11) is 0. The maximum atomic E-state index is 11.8. The van der Waals surface area contributed by atoms with Crippen LogP contribution in [0, 0.1) is 5.92 Å². The van der Waals surface area contributed by atoms with Crippen LogP contribution in [0.1, 0.15) is 46.2 Å². The third-order valence-corrected chi connectivity index (χ3v) is 3.75. The van der Waals surface area contributed by atoms with E-state index in [1.807, 2.05) is 33.1 Å². The van der Waals surface area contributed by atoms with E-state index in [4.69, 9.17) is 5.11 Å². The lowest BCUT2D eigenvalue weighted by Crippen LogP contribution is -2.35. The maximum Gasteiger partial charge on any atom is 0.321 e. The van der Waals surface area contributed by atoms with Crippen molar-refractivity contribution in [3.63, 3.8) is 0 Å². The van der Waals surface area contributed by atoms with Crippen LogP contribution in [-0.2, 0) is 10.2 Å². The van der Waals surface area contributed by atoms with Crippen molar-refractivity contribution in [1.82, 2.24) is 10.3 Å². The van der Waals surface area contributed by atoms with E-state index in [0.717, 1.165) is 12.1 Å². The number of hydrogen-bond acceptors (Lipinski definition) is 4. The Labute approximate surface area is 129 Å². The summed E-state index contributed by atoms with van der Waals surface area (Å²) in [6, 6.07) is -0.424. The van der Waals surface area contributed by atoms with Gasteiger partial charge in [0.25, 0.3) is 0 Å². The molecule has 0 bridgehead atoms. The zero-order valence-corrected chi connectivity index (χ0v) is 13.7. The minimum Gasteiger partial charge on any atom is -0.481 e. The van der Waals surface area contributed by atoms with Gasteiger partial charge in [-0.2, -0.15) is 0 Å². The second-order valence-electron chi connectivity index (χ2n) is 5.95. The Morgan fingerprint density at radius 1 is 1.43 bits per heavy atom. The molecule has 1 atom stereocenters. The first-order valence-electron chi connectivity index (χ1n) is 6.97. The van der Waals surface area contributed by atoms with Gasteiger partial charge in [-0.3, -0.25) is 10.1 Å². The summed E-state index contributed by atoms with van der Waals surface area (Å²) in [6.07, 6.45) is 1.31. The molecule has 0 aliphatic carbocycles. The number of nitrogens with one attached hydrogen (secondary N) is 2. The van der Waals surface area contributed by atoms with Gasteiger partial charge < -0.3 is 10.4 Å². The van der Waals surface area contributed by atoms with Crippen LogP contribution in [0.4, 0.5) is 9.93 Å². The molecule has 0 aliphatic heterocycles. The van der Waals surface area contributed by atoms with Gasteiger partial charge in [0.2, 0.25) is 0 Å². The summed E-state index contributed by atoms with van der Waals surface area (Å²) in [5.74, 6) is -1.44. The largest absolute Gasteiger partial charge is 0.481 e. The number of carboxylic acid groups (broad SMARTS) is 1. The van der Waals surface area contributed by atoms with Gasteiger partial charge >= 0.3 is 12.0 Å². The van der Waals surface area contributed by atoms with E-state index in [1.165, 1.54) is 11.3 Å². The van der Waals surface area contributed by atoms with Gasteiger partial charge in [0.15, 0.2) is 5.13 Å². The van der Waals surface area contributed by atoms with E-state index in [9.17, 15) is 9.59 Å². The number of carboxylic acids is 1. The van der Waals surface area contributed by atoms with Crippen LogP contribution in [0.15, 0.2) is 5.38 Å². The van der Waals surface area contributed by atoms with Crippen LogP contribution in [0.25, 0.3) is 0 Å². The number of thiazole rings is 1. The SMILES string of the molecule is CCCC(CNC(=O)Nc1nc(C(C)(C)C)cs1)C(=O)O. The van der Waals surface area contributed by atoms with Gasteiger partial charge in [0.05, 0.1) is 11.6 Å². The Morgan fingerprint density at radius 3 is 2.57 bits per heavy atom. The monoisotopic (exact) mass is 313 g/mol. The first kappa shape index (κ1) is 17.4. The summed E-state index contributed by atoms with van der Waals surface area (Å²) in [5.41, 5.74) is 0.847. The molecule has 0 saturated heterocycles. The standard InChI is InChI=1S/C14H23N3O3S/c1-5-6-9(11(18)19)7-15-12(20)17-13-16-10(8-21-13)14(2,3)4/h8-9H,5-7H2,1-4H3,(H,18,19)(H2,15,16,17,20). The topological polar surface area (TPSA) is 91.3 Å². The molecule has 1 heterocycles. The fourth-order valence-electron chi connectivity index (χ4n) is 1.69. The Morgan fingerprint density at radius 2 is 2.10 bits per heavy atom. The highest BCUT2D eigenvalue weighted by atomic mass is 32.1. The molecular weight excluding hydrogens is 290 g/mol. The van der Waals surface area contributed by atoms with E-state index in [2.05, 4.69) is 15.6 Å². The number of anilines is 1. The summed E-state index contributed by atoms with van der Waals surface area (Å²) >= 11 is 1.36. The van der Waals surface area contributed by atoms with Crippen molar-refractivity contribution in [2.24, 2.45) is 5.92 Å². The highest BCUT2D eigenvalue weighted by molar-refractivity contribution is 7.13. The predicted molar refractivity (Wildman–Crippen MR) is 83.9 cm³/mol. The van der Waals surface area contributed by atoms with Crippen LogP contribution >= 0.6 is 11.3 Å². The second-order valence-corrected chi connectivity index (χ2v) is 6.80. The number of hydrogen-bond donors (Lipinski definition) is 3. The van der Waals surface area contributed by atoms with Crippen LogP contribution in [0.2, 0.25) is 0 Å². The molecule has 0 saturated carbocycles. The van der Waals surface area contributed by atoms with E-state index in [1.54, 1.807) is 0 Å². The number of rotatable bonds is 6. The van der Waals surface area contributed by atoms with E-state index in [0.29, 0.717) is 11.6 Å². The van der Waals surface area contributed by atoms with E-state index in [-0.39, 0.29) is 12.0 Å². The smallest absolute Gasteiger partial charge is 0.321 e. The molecule has 21 heavy (non-hydrogen) atoms. The molecule has 118 valence electrons. The van der Waals surface area contributed by atoms with Crippen molar-refractivity contribution >= 4 is 28.5 Å². The van der Waals surface area contributed by atoms with Crippen molar-refractivity contribution in [3.05, 3.63) is 11.1 Å². The fraction of sp³-hybridized carbons (Fsp3) is 0.643. The molecule has 1 unspecified atom stereocenters. The summed E-state index contributed by atoms with van der Waals surface area (Å²) in [5, 5.41) is 16.7. The lowest BCUT2D eigenvalue weighted by atomic mass is 9.93. The third kappa shape index (κ3) is 5.71. The number of amides is 2. The van der Waals surface area contributed by atoms with Crippen molar-refractivity contribution in [2.45, 2.75) is 46.0 Å².